The van der Waals surface area contributed by atoms with E-state index in [1.165, 1.54) is 6.20 Å². The van der Waals surface area contributed by atoms with Gasteiger partial charge >= 0.3 is 5.82 Å². The Labute approximate surface area is 100 Å². The zero-order chi connectivity index (χ0) is 11.7. The van der Waals surface area contributed by atoms with E-state index < -0.39 is 11.0 Å². The first-order valence-corrected chi connectivity index (χ1v) is 5.60. The Morgan fingerprint density at radius 2 is 2.44 bits per heavy atom. The summed E-state index contributed by atoms with van der Waals surface area (Å²) in [5.41, 5.74) is 0.455. The third-order valence-electron chi connectivity index (χ3n) is 2.49. The fourth-order valence-corrected chi connectivity index (χ4v) is 2.07. The molecule has 1 aliphatic heterocycles. The van der Waals surface area contributed by atoms with Gasteiger partial charge in [-0.1, -0.05) is 0 Å². The summed E-state index contributed by atoms with van der Waals surface area (Å²) in [6.45, 7) is 1.03. The molecular weight excluding hydrogens is 278 g/mol. The second-order valence-corrected chi connectivity index (χ2v) is 4.56. The summed E-state index contributed by atoms with van der Waals surface area (Å²) < 4.78 is 0.689. The van der Waals surface area contributed by atoms with Crippen molar-refractivity contribution in [2.45, 2.75) is 12.5 Å². The molecule has 1 aromatic heterocycles. The number of aliphatic hydroxyl groups is 1. The van der Waals surface area contributed by atoms with E-state index in [1.807, 2.05) is 0 Å². The Balaban J connectivity index is 2.37. The van der Waals surface area contributed by atoms with Gasteiger partial charge in [0.2, 0.25) is 0 Å². The molecule has 2 heterocycles. The number of pyridine rings is 1. The average Bonchev–Trinajstić information content (AvgIpc) is 2.64. The minimum absolute atomic E-state index is 0.169. The van der Waals surface area contributed by atoms with Crippen molar-refractivity contribution in [3.63, 3.8) is 0 Å². The molecule has 0 amide bonds. The molecule has 16 heavy (non-hydrogen) atoms. The van der Waals surface area contributed by atoms with Crippen LogP contribution in [-0.2, 0) is 0 Å². The Bertz CT molecular complexity index is 426. The molecule has 0 saturated carbocycles. The second kappa shape index (κ2) is 4.34. The molecule has 7 heteroatoms. The van der Waals surface area contributed by atoms with E-state index >= 15 is 0 Å². The van der Waals surface area contributed by atoms with E-state index in [-0.39, 0.29) is 5.82 Å². The molecule has 0 aromatic carbocycles. The van der Waals surface area contributed by atoms with Gasteiger partial charge in [-0.15, -0.1) is 0 Å². The number of nitro groups is 1. The van der Waals surface area contributed by atoms with Crippen molar-refractivity contribution in [3.05, 3.63) is 26.9 Å². The lowest BCUT2D eigenvalue weighted by molar-refractivity contribution is -0.388. The number of β-amino-alcohol motifs (C(OH)–C–C–N with tert-alkyl or cyclic N) is 1. The maximum atomic E-state index is 10.8. The number of rotatable bonds is 2. The second-order valence-electron chi connectivity index (χ2n) is 3.64. The molecule has 1 unspecified atom stereocenters. The maximum Gasteiger partial charge on any atom is 0.387 e. The molecule has 0 aliphatic carbocycles. The summed E-state index contributed by atoms with van der Waals surface area (Å²) >= 11 is 3.23. The molecule has 86 valence electrons. The minimum Gasteiger partial charge on any atom is -0.391 e. The van der Waals surface area contributed by atoms with Gasteiger partial charge in [0.05, 0.1) is 10.6 Å². The number of hydrogen-bond donors (Lipinski definition) is 1. The van der Waals surface area contributed by atoms with Gasteiger partial charge in [-0.2, -0.15) is 0 Å². The fraction of sp³-hybridized carbons (Fsp3) is 0.444. The van der Waals surface area contributed by atoms with Crippen molar-refractivity contribution in [2.24, 2.45) is 0 Å². The molecule has 1 atom stereocenters. The zero-order valence-electron chi connectivity index (χ0n) is 8.34. The molecule has 1 aromatic rings. The molecule has 6 nitrogen and oxygen atoms in total. The van der Waals surface area contributed by atoms with Crippen LogP contribution in [-0.4, -0.2) is 34.2 Å². The number of nitrogens with zero attached hydrogens (tertiary/aromatic N) is 3. The molecule has 0 radical (unpaired) electrons. The van der Waals surface area contributed by atoms with Crippen LogP contribution in [0.25, 0.3) is 0 Å². The Kier molecular flexibility index (Phi) is 3.06. The number of aliphatic hydroxyl groups excluding tert-OH is 1. The lowest BCUT2D eigenvalue weighted by Crippen LogP contribution is -2.22. The van der Waals surface area contributed by atoms with Crippen molar-refractivity contribution in [1.29, 1.82) is 0 Å². The van der Waals surface area contributed by atoms with Crippen LogP contribution in [0.4, 0.5) is 11.5 Å². The van der Waals surface area contributed by atoms with Crippen molar-refractivity contribution in [1.82, 2.24) is 4.98 Å². The van der Waals surface area contributed by atoms with Crippen molar-refractivity contribution in [3.8, 4) is 0 Å². The lowest BCUT2D eigenvalue weighted by Gasteiger charge is -2.16. The van der Waals surface area contributed by atoms with E-state index in [9.17, 15) is 15.2 Å². The predicted molar refractivity (Wildman–Crippen MR) is 61.4 cm³/mol. The van der Waals surface area contributed by atoms with Crippen LogP contribution in [0, 0.1) is 10.1 Å². The number of halogens is 1. The van der Waals surface area contributed by atoms with E-state index in [2.05, 4.69) is 20.9 Å². The van der Waals surface area contributed by atoms with Crippen LogP contribution < -0.4 is 4.90 Å². The van der Waals surface area contributed by atoms with Crippen LogP contribution in [0.1, 0.15) is 6.42 Å². The quantitative estimate of drug-likeness (QED) is 0.656. The number of anilines is 1. The summed E-state index contributed by atoms with van der Waals surface area (Å²) in [5, 5.41) is 20.2. The molecule has 0 bridgehead atoms. The number of aromatic nitrogens is 1. The Hall–Kier alpha value is -1.21. The zero-order valence-corrected chi connectivity index (χ0v) is 9.92. The first-order valence-electron chi connectivity index (χ1n) is 4.81. The molecule has 0 spiro atoms. The molecule has 2 rings (SSSR count). The standard InChI is InChI=1S/C9H10BrN3O3/c10-6-3-8(9(11-4-6)13(15)16)12-2-1-7(14)5-12/h3-4,7,14H,1-2,5H2. The minimum atomic E-state index is -0.507. The molecule has 1 fully saturated rings. The van der Waals surface area contributed by atoms with E-state index in [1.54, 1.807) is 11.0 Å². The smallest absolute Gasteiger partial charge is 0.387 e. The van der Waals surface area contributed by atoms with Gasteiger partial charge < -0.3 is 20.1 Å². The van der Waals surface area contributed by atoms with Gasteiger partial charge in [0.1, 0.15) is 5.69 Å². The van der Waals surface area contributed by atoms with Gasteiger partial charge in [-0.25, -0.2) is 0 Å². The summed E-state index contributed by atoms with van der Waals surface area (Å²) in [4.78, 5) is 15.9. The Morgan fingerprint density at radius 1 is 1.69 bits per heavy atom. The van der Waals surface area contributed by atoms with Crippen LogP contribution in [0.2, 0.25) is 0 Å². The third kappa shape index (κ3) is 2.14. The van der Waals surface area contributed by atoms with Crippen LogP contribution in [0.15, 0.2) is 16.7 Å². The molecule has 1 N–H and O–H groups in total. The SMILES string of the molecule is O=[N+]([O-])c1ncc(Br)cc1N1CCC(O)C1. The highest BCUT2D eigenvalue weighted by atomic mass is 79.9. The first kappa shape index (κ1) is 11.3. The lowest BCUT2D eigenvalue weighted by atomic mass is 10.3. The largest absolute Gasteiger partial charge is 0.391 e. The van der Waals surface area contributed by atoms with Crippen molar-refractivity contribution >= 4 is 27.4 Å². The Morgan fingerprint density at radius 3 is 3.00 bits per heavy atom. The predicted octanol–water partition coefficient (Wildman–Crippen LogP) is 1.32. The van der Waals surface area contributed by atoms with E-state index in [0.29, 0.717) is 29.7 Å². The van der Waals surface area contributed by atoms with Crippen molar-refractivity contribution < 1.29 is 10.0 Å². The molecule has 1 saturated heterocycles. The normalized spacial score (nSPS) is 20.1. The summed E-state index contributed by atoms with van der Waals surface area (Å²) in [6, 6.07) is 1.66. The van der Waals surface area contributed by atoms with E-state index in [0.717, 1.165) is 0 Å². The van der Waals surface area contributed by atoms with Gasteiger partial charge in [0, 0.05) is 13.1 Å². The summed E-state index contributed by atoms with van der Waals surface area (Å²) in [5.74, 6) is -0.169. The third-order valence-corrected chi connectivity index (χ3v) is 2.92. The van der Waals surface area contributed by atoms with Gasteiger partial charge in [0.25, 0.3) is 0 Å². The highest BCUT2D eigenvalue weighted by Gasteiger charge is 2.27. The van der Waals surface area contributed by atoms with Crippen LogP contribution >= 0.6 is 15.9 Å². The van der Waals surface area contributed by atoms with Gasteiger partial charge in [-0.05, 0) is 38.3 Å². The maximum absolute atomic E-state index is 10.8. The molecule has 1 aliphatic rings. The highest BCUT2D eigenvalue weighted by molar-refractivity contribution is 9.10. The fourth-order valence-electron chi connectivity index (χ4n) is 1.76. The van der Waals surface area contributed by atoms with Crippen LogP contribution in [0.3, 0.4) is 0 Å². The van der Waals surface area contributed by atoms with Crippen LogP contribution in [0.5, 0.6) is 0 Å². The average molecular weight is 288 g/mol. The summed E-state index contributed by atoms with van der Waals surface area (Å²) in [7, 11) is 0. The van der Waals surface area contributed by atoms with Crippen molar-refractivity contribution in [2.75, 3.05) is 18.0 Å². The van der Waals surface area contributed by atoms with E-state index in [4.69, 9.17) is 0 Å². The first-order chi connectivity index (χ1) is 7.58. The summed E-state index contributed by atoms with van der Waals surface area (Å²) in [6.07, 6.45) is 1.61. The number of hydrogen-bond acceptors (Lipinski definition) is 5. The van der Waals surface area contributed by atoms with Gasteiger partial charge in [-0.3, -0.25) is 0 Å². The monoisotopic (exact) mass is 287 g/mol. The van der Waals surface area contributed by atoms with Gasteiger partial charge in [0.15, 0.2) is 6.20 Å². The topological polar surface area (TPSA) is 79.5 Å². The molecular formula is C9H10BrN3O3. The highest BCUT2D eigenvalue weighted by Crippen LogP contribution is 2.31.